The van der Waals surface area contributed by atoms with Crippen LogP contribution in [0, 0.1) is 0 Å². The van der Waals surface area contributed by atoms with Gasteiger partial charge in [-0.25, -0.2) is 15.8 Å². The van der Waals surface area contributed by atoms with Gasteiger partial charge in [0.1, 0.15) is 11.6 Å². The van der Waals surface area contributed by atoms with Gasteiger partial charge in [0.05, 0.1) is 6.61 Å². The zero-order valence-corrected chi connectivity index (χ0v) is 12.1. The maximum Gasteiger partial charge on any atom is 0.191 e. The first-order valence-electron chi connectivity index (χ1n) is 5.77. The van der Waals surface area contributed by atoms with Crippen LogP contribution >= 0.6 is 11.8 Å². The lowest BCUT2D eigenvalue weighted by atomic mass is 10.3. The summed E-state index contributed by atoms with van der Waals surface area (Å²) < 4.78 is 5.13. The molecule has 0 amide bonds. The molecule has 1 heterocycles. The largest absolute Gasteiger partial charge is 0.383 e. The van der Waals surface area contributed by atoms with Crippen LogP contribution in [0.5, 0.6) is 0 Å². The molecule has 0 aliphatic rings. The predicted octanol–water partition coefficient (Wildman–Crippen LogP) is 1.35. The van der Waals surface area contributed by atoms with E-state index in [2.05, 4.69) is 34.1 Å². The van der Waals surface area contributed by atoms with Gasteiger partial charge in [0, 0.05) is 25.8 Å². The van der Waals surface area contributed by atoms with Crippen molar-refractivity contribution in [2.75, 3.05) is 36.8 Å². The Morgan fingerprint density at radius 2 is 2.22 bits per heavy atom. The van der Waals surface area contributed by atoms with Crippen LogP contribution in [0.4, 0.5) is 11.6 Å². The number of rotatable bonds is 7. The first-order chi connectivity index (χ1) is 8.62. The van der Waals surface area contributed by atoms with Gasteiger partial charge in [-0.3, -0.25) is 0 Å². The highest BCUT2D eigenvalue weighted by Crippen LogP contribution is 2.21. The number of nitrogens with two attached hydrogens (primary N) is 1. The first kappa shape index (κ1) is 15.0. The fraction of sp³-hybridized carbons (Fsp3) is 0.636. The van der Waals surface area contributed by atoms with Gasteiger partial charge in [0.2, 0.25) is 0 Å². The summed E-state index contributed by atoms with van der Waals surface area (Å²) in [5.74, 6) is 6.90. The second kappa shape index (κ2) is 7.40. The van der Waals surface area contributed by atoms with Crippen LogP contribution in [-0.4, -0.2) is 42.5 Å². The zero-order chi connectivity index (χ0) is 13.5. The molecule has 1 aromatic heterocycles. The maximum atomic E-state index is 5.43. The number of ether oxygens (including phenoxy) is 1. The van der Waals surface area contributed by atoms with Crippen LogP contribution in [0.3, 0.4) is 0 Å². The molecule has 102 valence electrons. The highest BCUT2D eigenvalue weighted by atomic mass is 32.2. The van der Waals surface area contributed by atoms with E-state index in [0.717, 1.165) is 12.4 Å². The van der Waals surface area contributed by atoms with Gasteiger partial charge in [-0.05, 0) is 20.1 Å². The molecule has 0 aliphatic heterocycles. The van der Waals surface area contributed by atoms with E-state index in [1.807, 2.05) is 12.3 Å². The van der Waals surface area contributed by atoms with Gasteiger partial charge in [-0.2, -0.15) is 0 Å². The number of thioether (sulfide) groups is 1. The molecular formula is C11H21N5OS. The van der Waals surface area contributed by atoms with E-state index in [9.17, 15) is 0 Å². The van der Waals surface area contributed by atoms with Crippen molar-refractivity contribution in [3.63, 3.8) is 0 Å². The smallest absolute Gasteiger partial charge is 0.191 e. The van der Waals surface area contributed by atoms with E-state index in [1.54, 1.807) is 7.11 Å². The van der Waals surface area contributed by atoms with Crippen molar-refractivity contribution in [2.24, 2.45) is 5.84 Å². The molecule has 6 nitrogen and oxygen atoms in total. The number of methoxy groups -OCH3 is 1. The third-order valence-corrected chi connectivity index (χ3v) is 3.02. The third-order valence-electron chi connectivity index (χ3n) is 2.48. The number of hydrazine groups is 1. The second-order valence-electron chi connectivity index (χ2n) is 4.02. The van der Waals surface area contributed by atoms with E-state index in [-0.39, 0.29) is 0 Å². The van der Waals surface area contributed by atoms with Gasteiger partial charge < -0.3 is 15.1 Å². The number of nitrogens with zero attached hydrogens (tertiary/aromatic N) is 3. The van der Waals surface area contributed by atoms with E-state index in [1.165, 1.54) is 11.8 Å². The average molecular weight is 271 g/mol. The fourth-order valence-electron chi connectivity index (χ4n) is 1.55. The van der Waals surface area contributed by atoms with Gasteiger partial charge in [-0.15, -0.1) is 0 Å². The highest BCUT2D eigenvalue weighted by Gasteiger charge is 2.14. The quantitative estimate of drug-likeness (QED) is 0.335. The topological polar surface area (TPSA) is 76.3 Å². The van der Waals surface area contributed by atoms with Crippen LogP contribution in [-0.2, 0) is 4.74 Å². The van der Waals surface area contributed by atoms with Crippen LogP contribution in [0.1, 0.15) is 13.8 Å². The lowest BCUT2D eigenvalue weighted by Crippen LogP contribution is -2.34. The Bertz CT molecular complexity index is 352. The van der Waals surface area contributed by atoms with Gasteiger partial charge >= 0.3 is 0 Å². The predicted molar refractivity (Wildman–Crippen MR) is 76.0 cm³/mol. The minimum Gasteiger partial charge on any atom is -0.383 e. The van der Waals surface area contributed by atoms with Crippen LogP contribution in [0.25, 0.3) is 0 Å². The van der Waals surface area contributed by atoms with Crippen molar-refractivity contribution in [2.45, 2.75) is 25.0 Å². The molecule has 0 aromatic carbocycles. The van der Waals surface area contributed by atoms with Crippen molar-refractivity contribution < 1.29 is 4.74 Å². The number of hydrogen-bond acceptors (Lipinski definition) is 7. The molecule has 0 atom stereocenters. The van der Waals surface area contributed by atoms with E-state index in [0.29, 0.717) is 23.6 Å². The van der Waals surface area contributed by atoms with Gasteiger partial charge in [-0.1, -0.05) is 11.8 Å². The van der Waals surface area contributed by atoms with Crippen LogP contribution in [0.15, 0.2) is 11.2 Å². The number of anilines is 2. The minimum atomic E-state index is 0.329. The molecule has 0 saturated heterocycles. The molecule has 0 unspecified atom stereocenters. The van der Waals surface area contributed by atoms with Crippen molar-refractivity contribution in [1.82, 2.24) is 9.97 Å². The molecule has 0 saturated carbocycles. The summed E-state index contributed by atoms with van der Waals surface area (Å²) in [7, 11) is 1.69. The molecule has 0 spiro atoms. The maximum absolute atomic E-state index is 5.43. The summed E-state index contributed by atoms with van der Waals surface area (Å²) in [6.45, 7) is 5.67. The molecule has 0 aliphatic carbocycles. The Morgan fingerprint density at radius 1 is 1.50 bits per heavy atom. The molecule has 7 heteroatoms. The number of hydrogen-bond donors (Lipinski definition) is 2. The Morgan fingerprint density at radius 3 is 2.72 bits per heavy atom. The molecule has 0 radical (unpaired) electrons. The molecular weight excluding hydrogens is 250 g/mol. The lowest BCUT2D eigenvalue weighted by Gasteiger charge is -2.28. The molecule has 0 bridgehead atoms. The molecule has 0 fully saturated rings. The van der Waals surface area contributed by atoms with Crippen molar-refractivity contribution in [3.05, 3.63) is 6.07 Å². The number of aromatic nitrogens is 2. The number of nitrogens with one attached hydrogen (secondary N) is 1. The summed E-state index contributed by atoms with van der Waals surface area (Å²) in [6, 6.07) is 2.17. The molecule has 1 rings (SSSR count). The SMILES string of the molecule is COCCN(c1cc(NN)nc(SC)n1)C(C)C. The summed E-state index contributed by atoms with van der Waals surface area (Å²) >= 11 is 1.49. The van der Waals surface area contributed by atoms with Crippen molar-refractivity contribution in [1.29, 1.82) is 0 Å². The van der Waals surface area contributed by atoms with Crippen LogP contribution < -0.4 is 16.2 Å². The van der Waals surface area contributed by atoms with E-state index in [4.69, 9.17) is 10.6 Å². The second-order valence-corrected chi connectivity index (χ2v) is 4.80. The fourth-order valence-corrected chi connectivity index (χ4v) is 1.93. The normalized spacial score (nSPS) is 10.8. The number of nitrogen functional groups attached to an aromatic ring is 1. The van der Waals surface area contributed by atoms with E-state index >= 15 is 0 Å². The summed E-state index contributed by atoms with van der Waals surface area (Å²) in [6.07, 6.45) is 1.94. The molecule has 1 aromatic rings. The molecule has 18 heavy (non-hydrogen) atoms. The minimum absolute atomic E-state index is 0.329. The van der Waals surface area contributed by atoms with Crippen molar-refractivity contribution in [3.8, 4) is 0 Å². The first-order valence-corrected chi connectivity index (χ1v) is 7.00. The summed E-state index contributed by atoms with van der Waals surface area (Å²) in [5, 5.41) is 0.698. The monoisotopic (exact) mass is 271 g/mol. The van der Waals surface area contributed by atoms with Gasteiger partial charge in [0.25, 0.3) is 0 Å². The Balaban J connectivity index is 3.02. The summed E-state index contributed by atoms with van der Waals surface area (Å²) in [4.78, 5) is 10.9. The van der Waals surface area contributed by atoms with Crippen LogP contribution in [0.2, 0.25) is 0 Å². The zero-order valence-electron chi connectivity index (χ0n) is 11.3. The summed E-state index contributed by atoms with van der Waals surface area (Å²) in [5.41, 5.74) is 2.57. The van der Waals surface area contributed by atoms with Gasteiger partial charge in [0.15, 0.2) is 5.16 Å². The van der Waals surface area contributed by atoms with Crippen molar-refractivity contribution >= 4 is 23.4 Å². The molecule has 3 N–H and O–H groups in total. The van der Waals surface area contributed by atoms with E-state index < -0.39 is 0 Å². The standard InChI is InChI=1S/C11H21N5OS/c1-8(2)16(5-6-17-3)10-7-9(15-12)13-11(14-10)18-4/h7-8H,5-6,12H2,1-4H3,(H,13,14,15). The Kier molecular flexibility index (Phi) is 6.17. The third kappa shape index (κ3) is 4.01. The Labute approximate surface area is 112 Å². The average Bonchev–Trinajstić information content (AvgIpc) is 2.38. The highest BCUT2D eigenvalue weighted by molar-refractivity contribution is 7.98. The Hall–Kier alpha value is -1.05. The lowest BCUT2D eigenvalue weighted by molar-refractivity contribution is 0.203.